The van der Waals surface area contributed by atoms with E-state index in [0.29, 0.717) is 35.6 Å². The van der Waals surface area contributed by atoms with E-state index in [2.05, 4.69) is 0 Å². The summed E-state index contributed by atoms with van der Waals surface area (Å²) in [4.78, 5) is 0.300. The molecule has 1 saturated heterocycles. The molecular weight excluding hydrogens is 288 g/mol. The van der Waals surface area contributed by atoms with Gasteiger partial charge in [0.2, 0.25) is 10.0 Å². The van der Waals surface area contributed by atoms with Crippen molar-refractivity contribution >= 4 is 10.0 Å². The number of rotatable bonds is 3. The molecule has 2 N–H and O–H groups in total. The first-order valence-electron chi connectivity index (χ1n) is 7.42. The molecule has 3 rings (SSSR count). The summed E-state index contributed by atoms with van der Waals surface area (Å²) >= 11 is 0. The van der Waals surface area contributed by atoms with Gasteiger partial charge in [0.15, 0.2) is 0 Å². The number of fused-ring (bicyclic) bond motifs is 1. The summed E-state index contributed by atoms with van der Waals surface area (Å²) in [5.41, 5.74) is 6.17. The van der Waals surface area contributed by atoms with Gasteiger partial charge in [-0.1, -0.05) is 12.5 Å². The fourth-order valence-electron chi connectivity index (χ4n) is 3.58. The van der Waals surface area contributed by atoms with Crippen LogP contribution >= 0.6 is 0 Å². The number of hydrogen-bond donors (Lipinski definition) is 1. The van der Waals surface area contributed by atoms with Crippen LogP contribution in [0.5, 0.6) is 5.75 Å². The molecule has 0 aromatic heterocycles. The Balaban J connectivity index is 1.85. The van der Waals surface area contributed by atoms with Gasteiger partial charge < -0.3 is 10.5 Å². The molecule has 0 amide bonds. The Morgan fingerprint density at radius 1 is 1.29 bits per heavy atom. The highest BCUT2D eigenvalue weighted by Crippen LogP contribution is 2.38. The topological polar surface area (TPSA) is 72.6 Å². The van der Waals surface area contributed by atoms with Crippen molar-refractivity contribution in [3.05, 3.63) is 24.3 Å². The predicted molar refractivity (Wildman–Crippen MR) is 80.6 cm³/mol. The Labute approximate surface area is 126 Å². The molecule has 6 heteroatoms. The van der Waals surface area contributed by atoms with Gasteiger partial charge in [-0.05, 0) is 36.8 Å². The summed E-state index contributed by atoms with van der Waals surface area (Å²) in [7, 11) is -1.92. The van der Waals surface area contributed by atoms with E-state index in [1.54, 1.807) is 28.6 Å². The molecule has 116 valence electrons. The van der Waals surface area contributed by atoms with Gasteiger partial charge in [-0.25, -0.2) is 8.42 Å². The van der Waals surface area contributed by atoms with Crippen LogP contribution in [-0.4, -0.2) is 39.0 Å². The predicted octanol–water partition coefficient (Wildman–Crippen LogP) is 1.44. The maximum atomic E-state index is 12.8. The van der Waals surface area contributed by atoms with E-state index in [9.17, 15) is 8.42 Å². The number of benzene rings is 1. The van der Waals surface area contributed by atoms with Crippen molar-refractivity contribution in [1.29, 1.82) is 0 Å². The molecule has 0 bridgehead atoms. The van der Waals surface area contributed by atoms with Gasteiger partial charge in [0.1, 0.15) is 5.75 Å². The second-order valence-corrected chi connectivity index (χ2v) is 7.96. The molecule has 2 fully saturated rings. The lowest BCUT2D eigenvalue weighted by Gasteiger charge is -2.29. The van der Waals surface area contributed by atoms with Crippen molar-refractivity contribution in [2.45, 2.75) is 30.2 Å². The van der Waals surface area contributed by atoms with Crippen LogP contribution in [0.4, 0.5) is 0 Å². The fraction of sp³-hybridized carbons (Fsp3) is 0.600. The average Bonchev–Trinajstić information content (AvgIpc) is 2.94. The Bertz CT molecular complexity index is 617. The number of methoxy groups -OCH3 is 1. The van der Waals surface area contributed by atoms with Gasteiger partial charge in [-0.3, -0.25) is 0 Å². The van der Waals surface area contributed by atoms with Crippen LogP contribution in [0, 0.1) is 11.8 Å². The zero-order chi connectivity index (χ0) is 15.0. The summed E-state index contributed by atoms with van der Waals surface area (Å²) < 4.78 is 32.3. The van der Waals surface area contributed by atoms with E-state index in [0.717, 1.165) is 19.3 Å². The quantitative estimate of drug-likeness (QED) is 0.917. The lowest BCUT2D eigenvalue weighted by Crippen LogP contribution is -2.38. The zero-order valence-corrected chi connectivity index (χ0v) is 13.1. The zero-order valence-electron chi connectivity index (χ0n) is 12.2. The smallest absolute Gasteiger partial charge is 0.243 e. The molecule has 0 radical (unpaired) electrons. The molecule has 1 aromatic rings. The number of nitrogens with zero attached hydrogens (tertiary/aromatic N) is 1. The fourth-order valence-corrected chi connectivity index (χ4v) is 5.15. The van der Waals surface area contributed by atoms with E-state index in [1.165, 1.54) is 7.11 Å². The summed E-state index contributed by atoms with van der Waals surface area (Å²) in [5.74, 6) is 1.28. The molecule has 3 atom stereocenters. The lowest BCUT2D eigenvalue weighted by atomic mass is 9.78. The van der Waals surface area contributed by atoms with Crippen LogP contribution < -0.4 is 10.5 Å². The molecule has 2 aliphatic rings. The second-order valence-electron chi connectivity index (χ2n) is 6.02. The first kappa shape index (κ1) is 14.8. The van der Waals surface area contributed by atoms with Crippen molar-refractivity contribution in [1.82, 2.24) is 4.31 Å². The minimum absolute atomic E-state index is 0.134. The Hall–Kier alpha value is -1.11. The van der Waals surface area contributed by atoms with Gasteiger partial charge in [-0.15, -0.1) is 0 Å². The number of sulfonamides is 1. The number of ether oxygens (including phenoxy) is 1. The Morgan fingerprint density at radius 2 is 2.10 bits per heavy atom. The normalized spacial score (nSPS) is 30.1. The standard InChI is InChI=1S/C15H22N2O3S/c1-20-12-5-3-6-13(8-12)21(18,19)17-9-11-4-2-7-15(16)14(11)10-17/h3,5-6,8,11,14-15H,2,4,7,9-10,16H2,1H3. The third-order valence-electron chi connectivity index (χ3n) is 4.80. The molecule has 3 unspecified atom stereocenters. The molecular formula is C15H22N2O3S. The molecule has 1 aliphatic carbocycles. The van der Waals surface area contributed by atoms with E-state index in [4.69, 9.17) is 10.5 Å². The van der Waals surface area contributed by atoms with E-state index in [1.807, 2.05) is 0 Å². The monoisotopic (exact) mass is 310 g/mol. The Morgan fingerprint density at radius 3 is 2.81 bits per heavy atom. The van der Waals surface area contributed by atoms with Crippen LogP contribution in [0.3, 0.4) is 0 Å². The van der Waals surface area contributed by atoms with Gasteiger partial charge in [-0.2, -0.15) is 4.31 Å². The maximum absolute atomic E-state index is 12.8. The van der Waals surface area contributed by atoms with Crippen LogP contribution in [0.15, 0.2) is 29.2 Å². The van der Waals surface area contributed by atoms with Gasteiger partial charge >= 0.3 is 0 Å². The summed E-state index contributed by atoms with van der Waals surface area (Å²) in [6.07, 6.45) is 3.20. The molecule has 21 heavy (non-hydrogen) atoms. The molecule has 1 saturated carbocycles. The molecule has 0 spiro atoms. The maximum Gasteiger partial charge on any atom is 0.243 e. The largest absolute Gasteiger partial charge is 0.497 e. The highest BCUT2D eigenvalue weighted by Gasteiger charge is 2.43. The molecule has 5 nitrogen and oxygen atoms in total. The molecule has 1 heterocycles. The summed E-state index contributed by atoms with van der Waals surface area (Å²) in [6.45, 7) is 1.14. The van der Waals surface area contributed by atoms with Crippen molar-refractivity contribution in [3.8, 4) is 5.75 Å². The summed E-state index contributed by atoms with van der Waals surface area (Å²) in [6, 6.07) is 6.80. The summed E-state index contributed by atoms with van der Waals surface area (Å²) in [5, 5.41) is 0. The van der Waals surface area contributed by atoms with Crippen molar-refractivity contribution in [2.24, 2.45) is 17.6 Å². The minimum Gasteiger partial charge on any atom is -0.497 e. The van der Waals surface area contributed by atoms with E-state index in [-0.39, 0.29) is 6.04 Å². The highest BCUT2D eigenvalue weighted by molar-refractivity contribution is 7.89. The van der Waals surface area contributed by atoms with Crippen LogP contribution in [0.25, 0.3) is 0 Å². The van der Waals surface area contributed by atoms with Gasteiger partial charge in [0.05, 0.1) is 12.0 Å². The van der Waals surface area contributed by atoms with E-state index < -0.39 is 10.0 Å². The van der Waals surface area contributed by atoms with Crippen LogP contribution in [-0.2, 0) is 10.0 Å². The van der Waals surface area contributed by atoms with Gasteiger partial charge in [0.25, 0.3) is 0 Å². The SMILES string of the molecule is COc1cccc(S(=O)(=O)N2CC3CCCC(N)C3C2)c1. The van der Waals surface area contributed by atoms with Crippen LogP contribution in [0.2, 0.25) is 0 Å². The second kappa shape index (κ2) is 5.59. The highest BCUT2D eigenvalue weighted by atomic mass is 32.2. The van der Waals surface area contributed by atoms with Gasteiger partial charge in [0, 0.05) is 25.2 Å². The number of nitrogens with two attached hydrogens (primary N) is 1. The first-order chi connectivity index (χ1) is 10.0. The van der Waals surface area contributed by atoms with Crippen LogP contribution in [0.1, 0.15) is 19.3 Å². The van der Waals surface area contributed by atoms with Crippen molar-refractivity contribution in [2.75, 3.05) is 20.2 Å². The van der Waals surface area contributed by atoms with E-state index >= 15 is 0 Å². The first-order valence-corrected chi connectivity index (χ1v) is 8.86. The molecule has 1 aliphatic heterocycles. The Kier molecular flexibility index (Phi) is 3.94. The lowest BCUT2D eigenvalue weighted by molar-refractivity contribution is 0.260. The third-order valence-corrected chi connectivity index (χ3v) is 6.63. The van der Waals surface area contributed by atoms with Crippen molar-refractivity contribution in [3.63, 3.8) is 0 Å². The number of hydrogen-bond acceptors (Lipinski definition) is 4. The minimum atomic E-state index is -3.46. The van der Waals surface area contributed by atoms with Crippen molar-refractivity contribution < 1.29 is 13.2 Å². The third kappa shape index (κ3) is 2.67. The molecule has 1 aromatic carbocycles. The average molecular weight is 310 g/mol.